The maximum Gasteiger partial charge on any atom is 0.338 e. The van der Waals surface area contributed by atoms with Crippen LogP contribution in [0, 0.1) is 0 Å². The van der Waals surface area contributed by atoms with E-state index in [2.05, 4.69) is 0 Å². The van der Waals surface area contributed by atoms with Crippen molar-refractivity contribution in [1.82, 2.24) is 0 Å². The van der Waals surface area contributed by atoms with E-state index in [-0.39, 0.29) is 5.97 Å². The van der Waals surface area contributed by atoms with Crippen LogP contribution in [0.1, 0.15) is 30.6 Å². The second kappa shape index (κ2) is 9.21. The van der Waals surface area contributed by atoms with Gasteiger partial charge < -0.3 is 10.5 Å². The predicted octanol–water partition coefficient (Wildman–Crippen LogP) is 2.22. The number of nitrogens with two attached hydrogens (primary N) is 1. The minimum Gasteiger partial charge on any atom is -0.462 e. The predicted molar refractivity (Wildman–Crippen MR) is 61.7 cm³/mol. The van der Waals surface area contributed by atoms with Gasteiger partial charge in [-0.2, -0.15) is 0 Å². The summed E-state index contributed by atoms with van der Waals surface area (Å²) in [5.41, 5.74) is 5.85. The molecule has 15 heavy (non-hydrogen) atoms. The fraction of sp³-hybridized carbons (Fsp3) is 0.417. The number of esters is 1. The average Bonchev–Trinajstić information content (AvgIpc) is 2.33. The fourth-order valence-electron chi connectivity index (χ4n) is 0.906. The number of hydrogen-bond acceptors (Lipinski definition) is 3. The molecule has 0 aromatic heterocycles. The number of carbonyl (C=O) groups is 1. The van der Waals surface area contributed by atoms with Gasteiger partial charge in [-0.15, -0.1) is 0 Å². The van der Waals surface area contributed by atoms with Crippen LogP contribution in [0.2, 0.25) is 0 Å². The standard InChI is InChI=1S/C10H13NO2.C2H6/c11-7-4-8-13-10(12)9-5-2-1-3-6-9;1-2/h1-3,5-6H,4,7-8,11H2;1-2H3. The van der Waals surface area contributed by atoms with E-state index in [4.69, 9.17) is 10.5 Å². The Kier molecular flexibility index (Phi) is 8.39. The monoisotopic (exact) mass is 209 g/mol. The van der Waals surface area contributed by atoms with Gasteiger partial charge in [0.15, 0.2) is 0 Å². The van der Waals surface area contributed by atoms with Gasteiger partial charge in [0.1, 0.15) is 0 Å². The molecule has 0 atom stereocenters. The molecule has 0 spiro atoms. The molecule has 0 aliphatic rings. The molecular weight excluding hydrogens is 190 g/mol. The van der Waals surface area contributed by atoms with Crippen LogP contribution in [0.15, 0.2) is 30.3 Å². The van der Waals surface area contributed by atoms with Crippen molar-refractivity contribution in [3.8, 4) is 0 Å². The van der Waals surface area contributed by atoms with Gasteiger partial charge in [0.2, 0.25) is 0 Å². The van der Waals surface area contributed by atoms with Crippen molar-refractivity contribution >= 4 is 5.97 Å². The average molecular weight is 209 g/mol. The van der Waals surface area contributed by atoms with Crippen molar-refractivity contribution in [2.45, 2.75) is 20.3 Å². The number of benzene rings is 1. The number of rotatable bonds is 4. The van der Waals surface area contributed by atoms with Crippen LogP contribution in [0.25, 0.3) is 0 Å². The van der Waals surface area contributed by atoms with Gasteiger partial charge in [0, 0.05) is 0 Å². The molecule has 1 aromatic rings. The third-order valence-electron chi connectivity index (χ3n) is 1.59. The zero-order chi connectivity index (χ0) is 11.5. The van der Waals surface area contributed by atoms with Crippen LogP contribution in [-0.2, 0) is 4.74 Å². The molecule has 0 aliphatic carbocycles. The normalized spacial score (nSPS) is 8.73. The van der Waals surface area contributed by atoms with Crippen LogP contribution in [0.5, 0.6) is 0 Å². The van der Waals surface area contributed by atoms with Gasteiger partial charge in [-0.05, 0) is 25.1 Å². The minimum absolute atomic E-state index is 0.283. The molecule has 3 heteroatoms. The van der Waals surface area contributed by atoms with Crippen LogP contribution in [-0.4, -0.2) is 19.1 Å². The quantitative estimate of drug-likeness (QED) is 0.611. The largest absolute Gasteiger partial charge is 0.462 e. The summed E-state index contributed by atoms with van der Waals surface area (Å²) in [5.74, 6) is -0.283. The molecule has 0 heterocycles. The Hall–Kier alpha value is -1.35. The molecule has 0 amide bonds. The van der Waals surface area contributed by atoms with Crippen molar-refractivity contribution in [1.29, 1.82) is 0 Å². The molecule has 0 unspecified atom stereocenters. The Bertz CT molecular complexity index is 260. The smallest absolute Gasteiger partial charge is 0.338 e. The molecule has 0 bridgehead atoms. The summed E-state index contributed by atoms with van der Waals surface area (Å²) in [6, 6.07) is 8.92. The van der Waals surface area contributed by atoms with E-state index in [1.54, 1.807) is 24.3 Å². The summed E-state index contributed by atoms with van der Waals surface area (Å²) in [4.78, 5) is 11.3. The maximum absolute atomic E-state index is 11.3. The Morgan fingerprint density at radius 1 is 1.27 bits per heavy atom. The van der Waals surface area contributed by atoms with Crippen LogP contribution >= 0.6 is 0 Å². The highest BCUT2D eigenvalue weighted by Gasteiger charge is 2.03. The van der Waals surface area contributed by atoms with Crippen molar-refractivity contribution in [3.63, 3.8) is 0 Å². The molecule has 0 fully saturated rings. The summed E-state index contributed by atoms with van der Waals surface area (Å²) in [7, 11) is 0. The summed E-state index contributed by atoms with van der Waals surface area (Å²) >= 11 is 0. The zero-order valence-electron chi connectivity index (χ0n) is 9.40. The van der Waals surface area contributed by atoms with Gasteiger partial charge in [-0.3, -0.25) is 0 Å². The van der Waals surface area contributed by atoms with E-state index < -0.39 is 0 Å². The maximum atomic E-state index is 11.3. The highest BCUT2D eigenvalue weighted by Crippen LogP contribution is 2.00. The molecule has 0 saturated heterocycles. The second-order valence-electron chi connectivity index (χ2n) is 2.64. The third-order valence-corrected chi connectivity index (χ3v) is 1.59. The van der Waals surface area contributed by atoms with Crippen LogP contribution < -0.4 is 5.73 Å². The molecule has 1 rings (SSSR count). The molecule has 3 nitrogen and oxygen atoms in total. The van der Waals surface area contributed by atoms with Crippen molar-refractivity contribution < 1.29 is 9.53 Å². The van der Waals surface area contributed by atoms with E-state index >= 15 is 0 Å². The number of hydrogen-bond donors (Lipinski definition) is 1. The number of ether oxygens (including phenoxy) is 1. The van der Waals surface area contributed by atoms with Crippen molar-refractivity contribution in [3.05, 3.63) is 35.9 Å². The lowest BCUT2D eigenvalue weighted by Gasteiger charge is -2.02. The molecule has 84 valence electrons. The molecule has 0 saturated carbocycles. The Labute approximate surface area is 91.2 Å². The van der Waals surface area contributed by atoms with E-state index in [0.29, 0.717) is 25.1 Å². The lowest BCUT2D eigenvalue weighted by molar-refractivity contribution is 0.0503. The van der Waals surface area contributed by atoms with Crippen molar-refractivity contribution in [2.24, 2.45) is 5.73 Å². The van der Waals surface area contributed by atoms with Gasteiger partial charge in [-0.1, -0.05) is 32.0 Å². The van der Waals surface area contributed by atoms with E-state index in [9.17, 15) is 4.79 Å². The third kappa shape index (κ3) is 5.86. The van der Waals surface area contributed by atoms with Crippen LogP contribution in [0.4, 0.5) is 0 Å². The topological polar surface area (TPSA) is 52.3 Å². The molecule has 1 aromatic carbocycles. The van der Waals surface area contributed by atoms with Gasteiger partial charge in [0.05, 0.1) is 12.2 Å². The fourth-order valence-corrected chi connectivity index (χ4v) is 0.906. The van der Waals surface area contributed by atoms with Gasteiger partial charge in [0.25, 0.3) is 0 Å². The van der Waals surface area contributed by atoms with Gasteiger partial charge in [-0.25, -0.2) is 4.79 Å². The van der Waals surface area contributed by atoms with Crippen molar-refractivity contribution in [2.75, 3.05) is 13.2 Å². The highest BCUT2D eigenvalue weighted by atomic mass is 16.5. The van der Waals surface area contributed by atoms with E-state index in [1.165, 1.54) is 0 Å². The molecule has 2 N–H and O–H groups in total. The lowest BCUT2D eigenvalue weighted by atomic mass is 10.2. The highest BCUT2D eigenvalue weighted by molar-refractivity contribution is 5.89. The summed E-state index contributed by atoms with van der Waals surface area (Å²) in [5, 5.41) is 0. The van der Waals surface area contributed by atoms with E-state index in [0.717, 1.165) is 0 Å². The Morgan fingerprint density at radius 2 is 1.87 bits per heavy atom. The minimum atomic E-state index is -0.283. The zero-order valence-corrected chi connectivity index (χ0v) is 9.40. The van der Waals surface area contributed by atoms with Crippen LogP contribution in [0.3, 0.4) is 0 Å². The Morgan fingerprint density at radius 3 is 2.40 bits per heavy atom. The first-order valence-electron chi connectivity index (χ1n) is 5.27. The summed E-state index contributed by atoms with van der Waals surface area (Å²) in [6.07, 6.45) is 0.707. The van der Waals surface area contributed by atoms with Gasteiger partial charge >= 0.3 is 5.97 Å². The summed E-state index contributed by atoms with van der Waals surface area (Å²) < 4.78 is 4.95. The molecule has 0 radical (unpaired) electrons. The summed E-state index contributed by atoms with van der Waals surface area (Å²) in [6.45, 7) is 4.94. The lowest BCUT2D eigenvalue weighted by Crippen LogP contribution is -2.09. The van der Waals surface area contributed by atoms with E-state index in [1.807, 2.05) is 19.9 Å². The SMILES string of the molecule is CC.NCCCOC(=O)c1ccccc1. The molecule has 0 aliphatic heterocycles. The Balaban J connectivity index is 0.000000921. The first kappa shape index (κ1) is 13.7. The molecular formula is C12H19NO2. The first-order chi connectivity index (χ1) is 7.34. The number of carbonyl (C=O) groups excluding carboxylic acids is 1. The first-order valence-corrected chi connectivity index (χ1v) is 5.27. The second-order valence-corrected chi connectivity index (χ2v) is 2.64.